The minimum absolute atomic E-state index is 0.0920. The molecule has 0 unspecified atom stereocenters. The summed E-state index contributed by atoms with van der Waals surface area (Å²) in [5.41, 5.74) is -0.969. The van der Waals surface area contributed by atoms with Crippen LogP contribution in [0.5, 0.6) is 5.75 Å². The summed E-state index contributed by atoms with van der Waals surface area (Å²) in [6, 6.07) is 3.72. The fraction of sp³-hybridized carbons (Fsp3) is 0.333. The van der Waals surface area contributed by atoms with E-state index < -0.39 is 29.3 Å². The van der Waals surface area contributed by atoms with Gasteiger partial charge in [0.25, 0.3) is 6.43 Å². The van der Waals surface area contributed by atoms with E-state index in [0.717, 1.165) is 6.07 Å². The molecule has 0 aliphatic carbocycles. The normalized spacial score (nSPS) is 10.2. The van der Waals surface area contributed by atoms with Crippen LogP contribution in [0.25, 0.3) is 0 Å². The molecule has 96 valence electrons. The SMILES string of the molecule is CCOC(=O)Cc1ccc(C(F)F)c(C#N)c1O. The Hall–Kier alpha value is -2.16. The minimum Gasteiger partial charge on any atom is -0.506 e. The standard InChI is InChI=1S/C12H11F2NO3/c1-2-18-10(16)5-7-3-4-8(12(13)14)9(6-15)11(7)17/h3-4,12,17H,2,5H2,1H3. The largest absolute Gasteiger partial charge is 0.506 e. The molecule has 0 aliphatic heterocycles. The zero-order valence-corrected chi connectivity index (χ0v) is 9.61. The number of alkyl halides is 2. The maximum Gasteiger partial charge on any atom is 0.310 e. The van der Waals surface area contributed by atoms with Crippen LogP contribution in [0.3, 0.4) is 0 Å². The van der Waals surface area contributed by atoms with Crippen LogP contribution in [0.15, 0.2) is 12.1 Å². The van der Waals surface area contributed by atoms with E-state index in [9.17, 15) is 18.7 Å². The Morgan fingerprint density at radius 2 is 2.22 bits per heavy atom. The van der Waals surface area contributed by atoms with E-state index in [1.165, 1.54) is 12.1 Å². The third-order valence-electron chi connectivity index (χ3n) is 2.28. The molecular formula is C12H11F2NO3. The van der Waals surface area contributed by atoms with Gasteiger partial charge in [-0.05, 0) is 6.92 Å². The van der Waals surface area contributed by atoms with Crippen LogP contribution in [0.1, 0.15) is 30.0 Å². The second kappa shape index (κ2) is 5.96. The quantitative estimate of drug-likeness (QED) is 0.838. The van der Waals surface area contributed by atoms with Gasteiger partial charge in [-0.3, -0.25) is 4.79 Å². The van der Waals surface area contributed by atoms with Gasteiger partial charge in [0, 0.05) is 11.1 Å². The van der Waals surface area contributed by atoms with E-state index in [2.05, 4.69) is 4.74 Å². The first-order valence-corrected chi connectivity index (χ1v) is 5.19. The monoisotopic (exact) mass is 255 g/mol. The number of carbonyl (C=O) groups excluding carboxylic acids is 1. The highest BCUT2D eigenvalue weighted by Crippen LogP contribution is 2.31. The average molecular weight is 255 g/mol. The van der Waals surface area contributed by atoms with Crippen LogP contribution in [0, 0.1) is 11.3 Å². The Labute approximate surface area is 102 Å². The molecule has 0 saturated heterocycles. The summed E-state index contributed by atoms with van der Waals surface area (Å²) in [6.45, 7) is 1.80. The number of carbonyl (C=O) groups is 1. The van der Waals surface area contributed by atoms with Gasteiger partial charge in [-0.2, -0.15) is 5.26 Å². The summed E-state index contributed by atoms with van der Waals surface area (Å²) in [5, 5.41) is 18.4. The van der Waals surface area contributed by atoms with E-state index in [4.69, 9.17) is 5.26 Å². The minimum atomic E-state index is -2.86. The second-order valence-corrected chi connectivity index (χ2v) is 3.43. The number of aromatic hydroxyl groups is 1. The molecule has 1 N–H and O–H groups in total. The van der Waals surface area contributed by atoms with Gasteiger partial charge < -0.3 is 9.84 Å². The van der Waals surface area contributed by atoms with Crippen molar-refractivity contribution in [1.29, 1.82) is 5.26 Å². The maximum absolute atomic E-state index is 12.6. The summed E-state index contributed by atoms with van der Waals surface area (Å²) >= 11 is 0. The molecule has 1 aromatic carbocycles. The molecule has 0 aliphatic rings. The molecule has 0 amide bonds. The van der Waals surface area contributed by atoms with Gasteiger partial charge in [0.05, 0.1) is 13.0 Å². The molecule has 0 bridgehead atoms. The Balaban J connectivity index is 3.11. The van der Waals surface area contributed by atoms with Crippen LogP contribution in [-0.4, -0.2) is 17.7 Å². The number of phenols is 1. The van der Waals surface area contributed by atoms with Crippen molar-refractivity contribution in [1.82, 2.24) is 0 Å². The lowest BCUT2D eigenvalue weighted by Crippen LogP contribution is -2.08. The summed E-state index contributed by atoms with van der Waals surface area (Å²) in [4.78, 5) is 11.2. The molecule has 0 heterocycles. The smallest absolute Gasteiger partial charge is 0.310 e. The lowest BCUT2D eigenvalue weighted by Gasteiger charge is -2.09. The van der Waals surface area contributed by atoms with E-state index in [1.54, 1.807) is 6.92 Å². The maximum atomic E-state index is 12.6. The van der Waals surface area contributed by atoms with E-state index >= 15 is 0 Å². The highest BCUT2D eigenvalue weighted by Gasteiger charge is 2.20. The number of esters is 1. The van der Waals surface area contributed by atoms with Crippen molar-refractivity contribution in [2.24, 2.45) is 0 Å². The number of nitriles is 1. The molecular weight excluding hydrogens is 244 g/mol. The first-order valence-electron chi connectivity index (χ1n) is 5.19. The third kappa shape index (κ3) is 2.94. The molecule has 18 heavy (non-hydrogen) atoms. The molecule has 0 aromatic heterocycles. The van der Waals surface area contributed by atoms with E-state index in [1.807, 2.05) is 0 Å². The number of ether oxygens (including phenoxy) is 1. The number of phenolic OH excluding ortho intramolecular Hbond substituents is 1. The first kappa shape index (κ1) is 13.9. The number of hydrogen-bond acceptors (Lipinski definition) is 4. The molecule has 0 spiro atoms. The Morgan fingerprint density at radius 3 is 2.72 bits per heavy atom. The van der Waals surface area contributed by atoms with E-state index in [-0.39, 0.29) is 18.6 Å². The van der Waals surface area contributed by atoms with Crippen molar-refractivity contribution in [2.75, 3.05) is 6.61 Å². The van der Waals surface area contributed by atoms with Gasteiger partial charge in [0.15, 0.2) is 0 Å². The Bertz CT molecular complexity index is 495. The van der Waals surface area contributed by atoms with Gasteiger partial charge in [-0.25, -0.2) is 8.78 Å². The molecule has 4 nitrogen and oxygen atoms in total. The molecule has 1 rings (SSSR count). The van der Waals surface area contributed by atoms with E-state index in [0.29, 0.717) is 0 Å². The van der Waals surface area contributed by atoms with Crippen molar-refractivity contribution >= 4 is 5.97 Å². The number of benzene rings is 1. The Kier molecular flexibility index (Phi) is 4.60. The predicted molar refractivity (Wildman–Crippen MR) is 58.1 cm³/mol. The van der Waals surface area contributed by atoms with Crippen LogP contribution < -0.4 is 0 Å². The predicted octanol–water partition coefficient (Wildman–Crippen LogP) is 2.31. The van der Waals surface area contributed by atoms with Crippen LogP contribution in [-0.2, 0) is 16.0 Å². The number of nitrogens with zero attached hydrogens (tertiary/aromatic N) is 1. The highest BCUT2D eigenvalue weighted by atomic mass is 19.3. The van der Waals surface area contributed by atoms with Crippen LogP contribution in [0.2, 0.25) is 0 Å². The first-order chi connectivity index (χ1) is 8.51. The number of halogens is 2. The second-order valence-electron chi connectivity index (χ2n) is 3.43. The van der Waals surface area contributed by atoms with Crippen molar-refractivity contribution in [2.45, 2.75) is 19.8 Å². The topological polar surface area (TPSA) is 70.3 Å². The third-order valence-corrected chi connectivity index (χ3v) is 2.28. The van der Waals surface area contributed by atoms with Gasteiger partial charge in [0.1, 0.15) is 17.4 Å². The molecule has 0 radical (unpaired) electrons. The summed E-state index contributed by atoms with van der Waals surface area (Å²) in [6.07, 6.45) is -3.13. The van der Waals surface area contributed by atoms with Crippen LogP contribution >= 0.6 is 0 Å². The van der Waals surface area contributed by atoms with Crippen molar-refractivity contribution in [3.8, 4) is 11.8 Å². The average Bonchev–Trinajstić information content (AvgIpc) is 2.31. The highest BCUT2D eigenvalue weighted by molar-refractivity contribution is 5.74. The van der Waals surface area contributed by atoms with Gasteiger partial charge in [-0.15, -0.1) is 0 Å². The zero-order chi connectivity index (χ0) is 13.7. The summed E-state index contributed by atoms with van der Waals surface area (Å²) in [7, 11) is 0. The molecule has 0 fully saturated rings. The molecule has 0 saturated carbocycles. The van der Waals surface area contributed by atoms with Gasteiger partial charge in [-0.1, -0.05) is 12.1 Å². The molecule has 6 heteroatoms. The summed E-state index contributed by atoms with van der Waals surface area (Å²) < 4.78 is 29.8. The lowest BCUT2D eigenvalue weighted by molar-refractivity contribution is -0.142. The van der Waals surface area contributed by atoms with Gasteiger partial charge >= 0.3 is 5.97 Å². The summed E-state index contributed by atoms with van der Waals surface area (Å²) in [5.74, 6) is -1.19. The molecule has 0 atom stereocenters. The van der Waals surface area contributed by atoms with Crippen molar-refractivity contribution in [3.05, 3.63) is 28.8 Å². The lowest BCUT2D eigenvalue weighted by atomic mass is 10.0. The number of hydrogen-bond donors (Lipinski definition) is 1. The fourth-order valence-electron chi connectivity index (χ4n) is 1.46. The van der Waals surface area contributed by atoms with Crippen molar-refractivity contribution in [3.63, 3.8) is 0 Å². The molecule has 1 aromatic rings. The van der Waals surface area contributed by atoms with Crippen LogP contribution in [0.4, 0.5) is 8.78 Å². The zero-order valence-electron chi connectivity index (χ0n) is 9.61. The number of rotatable bonds is 4. The fourth-order valence-corrected chi connectivity index (χ4v) is 1.46. The van der Waals surface area contributed by atoms with Crippen molar-refractivity contribution < 1.29 is 23.4 Å². The Morgan fingerprint density at radius 1 is 1.56 bits per heavy atom. The van der Waals surface area contributed by atoms with Gasteiger partial charge in [0.2, 0.25) is 0 Å².